The molecule has 1 aromatic rings. The van der Waals surface area contributed by atoms with E-state index in [0.717, 1.165) is 31.7 Å². The number of piperidine rings is 1. The molecular formula is C15H18F3N3O. The minimum absolute atomic E-state index is 0.00403. The van der Waals surface area contributed by atoms with E-state index in [2.05, 4.69) is 10.3 Å². The number of rotatable bonds is 3. The first-order valence-corrected chi connectivity index (χ1v) is 7.52. The lowest BCUT2D eigenvalue weighted by Crippen LogP contribution is -2.48. The molecule has 0 aromatic carbocycles. The Kier molecular flexibility index (Phi) is 3.97. The minimum Gasteiger partial charge on any atom is -0.369 e. The average molecular weight is 313 g/mol. The van der Waals surface area contributed by atoms with Crippen molar-refractivity contribution in [1.29, 1.82) is 0 Å². The Morgan fingerprint density at radius 2 is 2.09 bits per heavy atom. The molecule has 1 amide bonds. The maximum Gasteiger partial charge on any atom is 0.433 e. The molecule has 1 atom stereocenters. The van der Waals surface area contributed by atoms with Gasteiger partial charge in [-0.25, -0.2) is 0 Å². The van der Waals surface area contributed by atoms with E-state index >= 15 is 0 Å². The number of nitrogens with zero attached hydrogens (tertiary/aromatic N) is 2. The molecular weight excluding hydrogens is 295 g/mol. The molecule has 1 aromatic heterocycles. The summed E-state index contributed by atoms with van der Waals surface area (Å²) in [5.41, 5.74) is -0.373. The number of hydrogen-bond donors (Lipinski definition) is 1. The zero-order valence-corrected chi connectivity index (χ0v) is 12.1. The van der Waals surface area contributed by atoms with Crippen molar-refractivity contribution >= 4 is 11.6 Å². The molecule has 2 aliphatic rings. The van der Waals surface area contributed by atoms with Crippen LogP contribution in [0.25, 0.3) is 0 Å². The van der Waals surface area contributed by atoms with E-state index < -0.39 is 11.9 Å². The van der Waals surface area contributed by atoms with Crippen LogP contribution in [0.3, 0.4) is 0 Å². The van der Waals surface area contributed by atoms with Gasteiger partial charge in [0.05, 0.1) is 0 Å². The third-order valence-electron chi connectivity index (χ3n) is 4.12. The molecule has 3 rings (SSSR count). The van der Waals surface area contributed by atoms with Crippen LogP contribution >= 0.6 is 0 Å². The summed E-state index contributed by atoms with van der Waals surface area (Å²) in [6, 6.07) is 2.66. The van der Waals surface area contributed by atoms with Crippen LogP contribution in [0.15, 0.2) is 18.3 Å². The van der Waals surface area contributed by atoms with E-state index in [1.165, 1.54) is 6.20 Å². The highest BCUT2D eigenvalue weighted by atomic mass is 19.4. The molecule has 0 spiro atoms. The standard InChI is InChI=1S/C15H18F3N3O/c16-15(17,18)13-8-12(5-6-19-13)21-7-1-2-11(9-21)20-14(22)10-3-4-10/h5-6,8,10-11H,1-4,7,9H2,(H,20,22). The first-order chi connectivity index (χ1) is 10.4. The van der Waals surface area contributed by atoms with Gasteiger partial charge in [0, 0.05) is 36.9 Å². The average Bonchev–Trinajstić information content (AvgIpc) is 3.31. The van der Waals surface area contributed by atoms with Gasteiger partial charge >= 0.3 is 6.18 Å². The van der Waals surface area contributed by atoms with Gasteiger partial charge < -0.3 is 10.2 Å². The smallest absolute Gasteiger partial charge is 0.369 e. The fourth-order valence-corrected chi connectivity index (χ4v) is 2.77. The van der Waals surface area contributed by atoms with Crippen molar-refractivity contribution in [1.82, 2.24) is 10.3 Å². The quantitative estimate of drug-likeness (QED) is 0.933. The molecule has 120 valence electrons. The second-order valence-electron chi connectivity index (χ2n) is 5.97. The number of nitrogens with one attached hydrogen (secondary N) is 1. The molecule has 7 heteroatoms. The molecule has 2 fully saturated rings. The highest BCUT2D eigenvalue weighted by Crippen LogP contribution is 2.31. The summed E-state index contributed by atoms with van der Waals surface area (Å²) in [7, 11) is 0. The van der Waals surface area contributed by atoms with Crippen molar-refractivity contribution in [3.8, 4) is 0 Å². The van der Waals surface area contributed by atoms with E-state index in [9.17, 15) is 18.0 Å². The Hall–Kier alpha value is -1.79. The first-order valence-electron chi connectivity index (χ1n) is 7.52. The summed E-state index contributed by atoms with van der Waals surface area (Å²) in [5, 5.41) is 3.01. The molecule has 4 nitrogen and oxygen atoms in total. The van der Waals surface area contributed by atoms with Crippen molar-refractivity contribution in [3.63, 3.8) is 0 Å². The maximum absolute atomic E-state index is 12.7. The third-order valence-corrected chi connectivity index (χ3v) is 4.12. The molecule has 22 heavy (non-hydrogen) atoms. The summed E-state index contributed by atoms with van der Waals surface area (Å²) < 4.78 is 38.2. The van der Waals surface area contributed by atoms with Gasteiger partial charge in [-0.1, -0.05) is 0 Å². The van der Waals surface area contributed by atoms with Gasteiger partial charge in [0.2, 0.25) is 5.91 Å². The molecule has 1 N–H and O–H groups in total. The van der Waals surface area contributed by atoms with Gasteiger partial charge in [-0.3, -0.25) is 9.78 Å². The molecule has 1 saturated heterocycles. The Labute approximate surface area is 126 Å². The Morgan fingerprint density at radius 3 is 2.77 bits per heavy atom. The number of pyridine rings is 1. The minimum atomic E-state index is -4.44. The molecule has 1 unspecified atom stereocenters. The van der Waals surface area contributed by atoms with Crippen molar-refractivity contribution in [2.45, 2.75) is 37.9 Å². The molecule has 1 aliphatic heterocycles. The van der Waals surface area contributed by atoms with E-state index in [-0.39, 0.29) is 17.9 Å². The lowest BCUT2D eigenvalue weighted by molar-refractivity contribution is -0.141. The Bertz CT molecular complexity index is 557. The SMILES string of the molecule is O=C(NC1CCCN(c2ccnc(C(F)(F)F)c2)C1)C1CC1. The zero-order chi connectivity index (χ0) is 15.7. The molecule has 1 saturated carbocycles. The second-order valence-corrected chi connectivity index (χ2v) is 5.97. The van der Waals surface area contributed by atoms with Gasteiger partial charge in [-0.2, -0.15) is 13.2 Å². The summed E-state index contributed by atoms with van der Waals surface area (Å²) in [5.74, 6) is 0.227. The summed E-state index contributed by atoms with van der Waals surface area (Å²) >= 11 is 0. The predicted molar refractivity (Wildman–Crippen MR) is 75.3 cm³/mol. The predicted octanol–water partition coefficient (Wildman–Crippen LogP) is 2.60. The van der Waals surface area contributed by atoms with E-state index in [1.54, 1.807) is 6.07 Å². The van der Waals surface area contributed by atoms with Crippen molar-refractivity contribution in [2.75, 3.05) is 18.0 Å². The van der Waals surface area contributed by atoms with Gasteiger partial charge in [0.25, 0.3) is 0 Å². The normalized spacial score (nSPS) is 22.5. The largest absolute Gasteiger partial charge is 0.433 e. The number of hydrogen-bond acceptors (Lipinski definition) is 3. The van der Waals surface area contributed by atoms with Crippen LogP contribution in [0, 0.1) is 5.92 Å². The topological polar surface area (TPSA) is 45.2 Å². The summed E-state index contributed by atoms with van der Waals surface area (Å²) in [4.78, 5) is 17.1. The van der Waals surface area contributed by atoms with E-state index in [4.69, 9.17) is 0 Å². The van der Waals surface area contributed by atoms with Crippen LogP contribution in [0.2, 0.25) is 0 Å². The first kappa shape index (κ1) is 15.1. The van der Waals surface area contributed by atoms with E-state index in [0.29, 0.717) is 18.8 Å². The van der Waals surface area contributed by atoms with Crippen LogP contribution in [0.1, 0.15) is 31.4 Å². The number of carbonyl (C=O) groups is 1. The van der Waals surface area contributed by atoms with Gasteiger partial charge in [0.1, 0.15) is 5.69 Å². The molecule has 0 bridgehead atoms. The van der Waals surface area contributed by atoms with Crippen molar-refractivity contribution < 1.29 is 18.0 Å². The van der Waals surface area contributed by atoms with Crippen LogP contribution in [0.5, 0.6) is 0 Å². The third kappa shape index (κ3) is 3.51. The number of anilines is 1. The number of halogens is 3. The molecule has 2 heterocycles. The summed E-state index contributed by atoms with van der Waals surface area (Å²) in [6.45, 7) is 1.23. The lowest BCUT2D eigenvalue weighted by atomic mass is 10.0. The van der Waals surface area contributed by atoms with Crippen LogP contribution < -0.4 is 10.2 Å². The Morgan fingerprint density at radius 1 is 1.32 bits per heavy atom. The number of amides is 1. The maximum atomic E-state index is 12.7. The zero-order valence-electron chi connectivity index (χ0n) is 12.1. The second kappa shape index (κ2) is 5.78. The van der Waals surface area contributed by atoms with Crippen molar-refractivity contribution in [3.05, 3.63) is 24.0 Å². The number of carbonyl (C=O) groups excluding carboxylic acids is 1. The van der Waals surface area contributed by atoms with Gasteiger partial charge in [-0.15, -0.1) is 0 Å². The lowest BCUT2D eigenvalue weighted by Gasteiger charge is -2.35. The number of aromatic nitrogens is 1. The van der Waals surface area contributed by atoms with Crippen LogP contribution in [0.4, 0.5) is 18.9 Å². The summed E-state index contributed by atoms with van der Waals surface area (Å²) in [6.07, 6.45) is 0.352. The highest BCUT2D eigenvalue weighted by Gasteiger charge is 2.34. The number of alkyl halides is 3. The van der Waals surface area contributed by atoms with Gasteiger partial charge in [0.15, 0.2) is 0 Å². The van der Waals surface area contributed by atoms with Crippen LogP contribution in [-0.4, -0.2) is 30.0 Å². The van der Waals surface area contributed by atoms with Crippen LogP contribution in [-0.2, 0) is 11.0 Å². The Balaban J connectivity index is 1.67. The van der Waals surface area contributed by atoms with Gasteiger partial charge in [-0.05, 0) is 37.8 Å². The van der Waals surface area contributed by atoms with Crippen molar-refractivity contribution in [2.24, 2.45) is 5.92 Å². The van der Waals surface area contributed by atoms with E-state index in [1.807, 2.05) is 4.90 Å². The fraction of sp³-hybridized carbons (Fsp3) is 0.600. The molecule has 1 aliphatic carbocycles. The monoisotopic (exact) mass is 313 g/mol. The highest BCUT2D eigenvalue weighted by molar-refractivity contribution is 5.81. The fourth-order valence-electron chi connectivity index (χ4n) is 2.77. The molecule has 0 radical (unpaired) electrons.